The number of nitrogens with one attached hydrogen (secondary N) is 2. The average molecular weight is 278 g/mol. The van der Waals surface area contributed by atoms with E-state index in [1.807, 2.05) is 13.0 Å². The molecule has 0 bridgehead atoms. The van der Waals surface area contributed by atoms with Gasteiger partial charge in [0.2, 0.25) is 6.79 Å². The summed E-state index contributed by atoms with van der Waals surface area (Å²) in [7, 11) is 0. The highest BCUT2D eigenvalue weighted by atomic mass is 16.7. The SMILES string of the molecule is CCCCC(=O)OCOC(=O)NC(=N)c1ccccc1. The van der Waals surface area contributed by atoms with Gasteiger partial charge in [-0.3, -0.25) is 15.5 Å². The van der Waals surface area contributed by atoms with Crippen molar-refractivity contribution in [1.82, 2.24) is 5.32 Å². The Balaban J connectivity index is 2.24. The van der Waals surface area contributed by atoms with E-state index in [0.717, 1.165) is 12.8 Å². The van der Waals surface area contributed by atoms with Gasteiger partial charge in [-0.1, -0.05) is 43.7 Å². The fourth-order valence-electron chi connectivity index (χ4n) is 1.36. The number of amidine groups is 1. The molecule has 6 heteroatoms. The van der Waals surface area contributed by atoms with Crippen molar-refractivity contribution in [1.29, 1.82) is 5.41 Å². The third kappa shape index (κ3) is 5.99. The van der Waals surface area contributed by atoms with Gasteiger partial charge >= 0.3 is 12.1 Å². The highest BCUT2D eigenvalue weighted by Crippen LogP contribution is 1.99. The summed E-state index contributed by atoms with van der Waals surface area (Å²) in [4.78, 5) is 22.5. The molecule has 2 N–H and O–H groups in total. The number of carbonyl (C=O) groups is 2. The molecule has 0 heterocycles. The van der Waals surface area contributed by atoms with Crippen LogP contribution < -0.4 is 5.32 Å². The Morgan fingerprint density at radius 1 is 1.20 bits per heavy atom. The number of benzene rings is 1. The Kier molecular flexibility index (Phi) is 6.81. The van der Waals surface area contributed by atoms with Crippen molar-refractivity contribution in [2.45, 2.75) is 26.2 Å². The molecule has 1 rings (SSSR count). The predicted molar refractivity (Wildman–Crippen MR) is 73.4 cm³/mol. The molecule has 1 amide bonds. The van der Waals surface area contributed by atoms with Crippen LogP contribution >= 0.6 is 0 Å². The molecule has 0 unspecified atom stereocenters. The molecule has 0 fully saturated rings. The summed E-state index contributed by atoms with van der Waals surface area (Å²) in [5.41, 5.74) is 0.560. The molecule has 1 aromatic rings. The molecule has 0 saturated carbocycles. The van der Waals surface area contributed by atoms with Gasteiger partial charge in [0.1, 0.15) is 5.84 Å². The Morgan fingerprint density at radius 3 is 2.55 bits per heavy atom. The number of hydrogen-bond donors (Lipinski definition) is 2. The van der Waals surface area contributed by atoms with E-state index in [1.54, 1.807) is 24.3 Å². The third-order valence-corrected chi connectivity index (χ3v) is 2.43. The van der Waals surface area contributed by atoms with Crippen LogP contribution in [0, 0.1) is 5.41 Å². The number of alkyl carbamates (subject to hydrolysis) is 1. The van der Waals surface area contributed by atoms with E-state index in [9.17, 15) is 9.59 Å². The maximum Gasteiger partial charge on any atom is 0.415 e. The van der Waals surface area contributed by atoms with Crippen LogP contribution in [0.25, 0.3) is 0 Å². The van der Waals surface area contributed by atoms with Gasteiger partial charge in [-0.15, -0.1) is 0 Å². The second-order valence-electron chi connectivity index (χ2n) is 4.04. The largest absolute Gasteiger partial charge is 0.428 e. The van der Waals surface area contributed by atoms with Gasteiger partial charge in [0, 0.05) is 12.0 Å². The smallest absolute Gasteiger partial charge is 0.415 e. The molecule has 6 nitrogen and oxygen atoms in total. The molecule has 0 aliphatic rings. The van der Waals surface area contributed by atoms with E-state index in [0.29, 0.717) is 12.0 Å². The van der Waals surface area contributed by atoms with Gasteiger partial charge in [0.05, 0.1) is 0 Å². The molecule has 0 radical (unpaired) electrons. The normalized spacial score (nSPS) is 9.65. The van der Waals surface area contributed by atoms with Gasteiger partial charge in [-0.05, 0) is 6.42 Å². The molecule has 0 atom stereocenters. The lowest BCUT2D eigenvalue weighted by Crippen LogP contribution is -2.31. The van der Waals surface area contributed by atoms with E-state index >= 15 is 0 Å². The molecular weight excluding hydrogens is 260 g/mol. The third-order valence-electron chi connectivity index (χ3n) is 2.43. The van der Waals surface area contributed by atoms with Gasteiger partial charge in [-0.25, -0.2) is 4.79 Å². The van der Waals surface area contributed by atoms with Gasteiger partial charge < -0.3 is 9.47 Å². The van der Waals surface area contributed by atoms with Crippen LogP contribution in [0.2, 0.25) is 0 Å². The van der Waals surface area contributed by atoms with Gasteiger partial charge in [0.15, 0.2) is 0 Å². The fraction of sp³-hybridized carbons (Fsp3) is 0.357. The van der Waals surface area contributed by atoms with Crippen molar-refractivity contribution >= 4 is 17.9 Å². The first kappa shape index (κ1) is 15.7. The van der Waals surface area contributed by atoms with Crippen LogP contribution in [0.1, 0.15) is 31.7 Å². The van der Waals surface area contributed by atoms with Crippen LogP contribution in [0.5, 0.6) is 0 Å². The molecule has 1 aromatic carbocycles. The molecule has 0 aromatic heterocycles. The molecule has 0 saturated heterocycles. The molecule has 0 aliphatic heterocycles. The monoisotopic (exact) mass is 278 g/mol. The first-order chi connectivity index (χ1) is 9.63. The maximum absolute atomic E-state index is 11.4. The minimum Gasteiger partial charge on any atom is -0.428 e. The summed E-state index contributed by atoms with van der Waals surface area (Å²) in [6.07, 6.45) is 1.11. The lowest BCUT2D eigenvalue weighted by Gasteiger charge is -2.08. The van der Waals surface area contributed by atoms with Crippen molar-refractivity contribution in [2.75, 3.05) is 6.79 Å². The summed E-state index contributed by atoms with van der Waals surface area (Å²) >= 11 is 0. The molecule has 108 valence electrons. The van der Waals surface area contributed by atoms with Crippen LogP contribution in [0.15, 0.2) is 30.3 Å². The molecular formula is C14H18N2O4. The number of esters is 1. The van der Waals surface area contributed by atoms with E-state index in [1.165, 1.54) is 0 Å². The van der Waals surface area contributed by atoms with E-state index in [4.69, 9.17) is 10.1 Å². The number of carbonyl (C=O) groups excluding carboxylic acids is 2. The summed E-state index contributed by atoms with van der Waals surface area (Å²) < 4.78 is 9.36. The van der Waals surface area contributed by atoms with Crippen molar-refractivity contribution in [3.05, 3.63) is 35.9 Å². The van der Waals surface area contributed by atoms with Crippen molar-refractivity contribution in [3.63, 3.8) is 0 Å². The van der Waals surface area contributed by atoms with E-state index in [-0.39, 0.29) is 5.84 Å². The van der Waals surface area contributed by atoms with E-state index in [2.05, 4.69) is 10.1 Å². The Morgan fingerprint density at radius 2 is 1.90 bits per heavy atom. The van der Waals surface area contributed by atoms with Gasteiger partial charge in [0.25, 0.3) is 0 Å². The quantitative estimate of drug-likeness (QED) is 0.362. The van der Waals surface area contributed by atoms with E-state index < -0.39 is 18.9 Å². The van der Waals surface area contributed by atoms with Crippen molar-refractivity contribution < 1.29 is 19.1 Å². The summed E-state index contributed by atoms with van der Waals surface area (Å²) in [6.45, 7) is 1.52. The minimum absolute atomic E-state index is 0.0760. The topological polar surface area (TPSA) is 88.5 Å². The maximum atomic E-state index is 11.4. The molecule has 0 aliphatic carbocycles. The Hall–Kier alpha value is -2.37. The summed E-state index contributed by atoms with van der Waals surface area (Å²) in [5.74, 6) is -0.481. The zero-order chi connectivity index (χ0) is 14.8. The lowest BCUT2D eigenvalue weighted by molar-refractivity contribution is -0.151. The average Bonchev–Trinajstić information content (AvgIpc) is 2.46. The molecule has 20 heavy (non-hydrogen) atoms. The Labute approximate surface area is 117 Å². The Bertz CT molecular complexity index is 460. The zero-order valence-corrected chi connectivity index (χ0v) is 11.3. The second kappa shape index (κ2) is 8.68. The molecule has 0 spiro atoms. The van der Waals surface area contributed by atoms with Crippen LogP contribution in [0.3, 0.4) is 0 Å². The number of hydrogen-bond acceptors (Lipinski definition) is 5. The van der Waals surface area contributed by atoms with Gasteiger partial charge in [-0.2, -0.15) is 0 Å². The fourth-order valence-corrected chi connectivity index (χ4v) is 1.36. The highest BCUT2D eigenvalue weighted by molar-refractivity contribution is 6.04. The number of ether oxygens (including phenoxy) is 2. The van der Waals surface area contributed by atoms with Crippen molar-refractivity contribution in [2.24, 2.45) is 0 Å². The highest BCUT2D eigenvalue weighted by Gasteiger charge is 2.08. The number of rotatable bonds is 6. The summed E-state index contributed by atoms with van der Waals surface area (Å²) in [5, 5.41) is 9.90. The van der Waals surface area contributed by atoms with Crippen LogP contribution in [-0.2, 0) is 14.3 Å². The summed E-state index contributed by atoms with van der Waals surface area (Å²) in [6, 6.07) is 8.70. The van der Waals surface area contributed by atoms with Crippen LogP contribution in [0.4, 0.5) is 4.79 Å². The van der Waals surface area contributed by atoms with Crippen molar-refractivity contribution in [3.8, 4) is 0 Å². The predicted octanol–water partition coefficient (Wildman–Crippen LogP) is 2.43. The second-order valence-corrected chi connectivity index (χ2v) is 4.04. The zero-order valence-electron chi connectivity index (χ0n) is 11.3. The minimum atomic E-state index is -0.831. The standard InChI is InChI=1S/C14H18N2O4/c1-2-3-9-12(17)19-10-20-14(18)16-13(15)11-7-5-4-6-8-11/h4-8H,2-3,9-10H2,1H3,(H2,15,16,18). The first-order valence-electron chi connectivity index (χ1n) is 6.37. The first-order valence-corrected chi connectivity index (χ1v) is 6.37. The van der Waals surface area contributed by atoms with Crippen LogP contribution in [-0.4, -0.2) is 24.7 Å². The number of unbranched alkanes of at least 4 members (excludes halogenated alkanes) is 1. The lowest BCUT2D eigenvalue weighted by atomic mass is 10.2. The number of amides is 1.